The monoisotopic (exact) mass is 460 g/mol. The fourth-order valence-electron chi connectivity index (χ4n) is 3.38. The molecule has 3 heterocycles. The predicted molar refractivity (Wildman–Crippen MR) is 120 cm³/mol. The van der Waals surface area contributed by atoms with E-state index in [2.05, 4.69) is 96.2 Å². The third kappa shape index (κ3) is 4.24. The van der Waals surface area contributed by atoms with Crippen molar-refractivity contribution in [3.8, 4) is 5.13 Å². The van der Waals surface area contributed by atoms with Gasteiger partial charge in [-0.05, 0) is 49.4 Å². The molecule has 1 saturated heterocycles. The molecule has 148 valence electrons. The van der Waals surface area contributed by atoms with Crippen molar-refractivity contribution < 1.29 is 0 Å². The summed E-state index contributed by atoms with van der Waals surface area (Å²) in [6.45, 7) is 10.4. The van der Waals surface area contributed by atoms with Crippen LogP contribution in [0.3, 0.4) is 0 Å². The van der Waals surface area contributed by atoms with Gasteiger partial charge in [-0.1, -0.05) is 34.2 Å². The molecule has 0 saturated carbocycles. The predicted octanol–water partition coefficient (Wildman–Crippen LogP) is 4.15. The van der Waals surface area contributed by atoms with Crippen LogP contribution in [0.1, 0.15) is 18.2 Å². The molecule has 6 nitrogen and oxygen atoms in total. The summed E-state index contributed by atoms with van der Waals surface area (Å²) in [5.41, 5.74) is 3.50. The molecular weight excluding hydrogens is 436 g/mol. The van der Waals surface area contributed by atoms with E-state index in [9.17, 15) is 0 Å². The van der Waals surface area contributed by atoms with Gasteiger partial charge in [0.1, 0.15) is 0 Å². The Morgan fingerprint density at radius 3 is 2.64 bits per heavy atom. The van der Waals surface area contributed by atoms with E-state index in [1.807, 2.05) is 0 Å². The zero-order chi connectivity index (χ0) is 19.5. The van der Waals surface area contributed by atoms with Gasteiger partial charge in [0.2, 0.25) is 10.3 Å². The Morgan fingerprint density at radius 1 is 1.11 bits per heavy atom. The second kappa shape index (κ2) is 8.63. The van der Waals surface area contributed by atoms with Crippen molar-refractivity contribution in [1.29, 1.82) is 0 Å². The highest BCUT2D eigenvalue weighted by Crippen LogP contribution is 2.26. The third-order valence-corrected chi connectivity index (χ3v) is 7.04. The van der Waals surface area contributed by atoms with Crippen LogP contribution in [0, 0.1) is 6.92 Å². The first-order valence-corrected chi connectivity index (χ1v) is 11.2. The summed E-state index contributed by atoms with van der Waals surface area (Å²) in [6, 6.07) is 10.5. The number of hydrogen-bond acceptors (Lipinski definition) is 6. The average molecular weight is 461 g/mol. The highest BCUT2D eigenvalue weighted by Gasteiger charge is 2.20. The van der Waals surface area contributed by atoms with E-state index < -0.39 is 0 Å². The van der Waals surface area contributed by atoms with Crippen molar-refractivity contribution in [1.82, 2.24) is 19.7 Å². The van der Waals surface area contributed by atoms with Gasteiger partial charge in [-0.15, -0.1) is 10.2 Å². The average Bonchev–Trinajstić information content (AvgIpc) is 3.38. The molecule has 2 aromatic heterocycles. The van der Waals surface area contributed by atoms with Gasteiger partial charge in [-0.25, -0.2) is 0 Å². The van der Waals surface area contributed by atoms with Gasteiger partial charge in [-0.3, -0.25) is 4.57 Å². The maximum atomic E-state index is 4.46. The van der Waals surface area contributed by atoms with Gasteiger partial charge < -0.3 is 15.1 Å². The molecule has 3 aromatic rings. The zero-order valence-corrected chi connectivity index (χ0v) is 18.6. The number of aryl methyl sites for hydroxylation is 1. The largest absolute Gasteiger partial charge is 0.379 e. The molecule has 0 atom stereocenters. The van der Waals surface area contributed by atoms with Crippen molar-refractivity contribution in [3.63, 3.8) is 0 Å². The number of likely N-dealkylation sites (N-methyl/N-ethyl adjacent to an activating group) is 1. The first-order chi connectivity index (χ1) is 13.6. The second-order valence-corrected chi connectivity index (χ2v) is 8.76. The number of nitrogens with zero attached hydrogens (tertiary/aromatic N) is 5. The van der Waals surface area contributed by atoms with Crippen LogP contribution in [0.5, 0.6) is 0 Å². The highest BCUT2D eigenvalue weighted by molar-refractivity contribution is 9.10. The molecule has 1 fully saturated rings. The summed E-state index contributed by atoms with van der Waals surface area (Å²) in [5, 5.41) is 14.4. The molecule has 1 aliphatic heterocycles. The molecule has 4 rings (SSSR count). The number of anilines is 2. The van der Waals surface area contributed by atoms with Gasteiger partial charge in [0.05, 0.1) is 6.54 Å². The fourth-order valence-corrected chi connectivity index (χ4v) is 4.54. The smallest absolute Gasteiger partial charge is 0.218 e. The molecule has 1 aromatic carbocycles. The van der Waals surface area contributed by atoms with Gasteiger partial charge in [-0.2, -0.15) is 0 Å². The van der Waals surface area contributed by atoms with Crippen molar-refractivity contribution in [3.05, 3.63) is 52.3 Å². The minimum absolute atomic E-state index is 0.734. The summed E-state index contributed by atoms with van der Waals surface area (Å²) in [6.07, 6.45) is 2.06. The minimum Gasteiger partial charge on any atom is -0.379 e. The van der Waals surface area contributed by atoms with E-state index in [4.69, 9.17) is 0 Å². The summed E-state index contributed by atoms with van der Waals surface area (Å²) in [7, 11) is 0. The van der Waals surface area contributed by atoms with Crippen molar-refractivity contribution >= 4 is 38.1 Å². The summed E-state index contributed by atoms with van der Waals surface area (Å²) < 4.78 is 3.25. The Morgan fingerprint density at radius 2 is 1.89 bits per heavy atom. The molecule has 1 N–H and O–H groups in total. The van der Waals surface area contributed by atoms with Gasteiger partial charge in [0, 0.05) is 48.2 Å². The third-order valence-electron chi connectivity index (χ3n) is 5.16. The molecule has 28 heavy (non-hydrogen) atoms. The Kier molecular flexibility index (Phi) is 5.99. The van der Waals surface area contributed by atoms with Gasteiger partial charge in [0.25, 0.3) is 0 Å². The summed E-state index contributed by atoms with van der Waals surface area (Å²) in [4.78, 5) is 4.82. The van der Waals surface area contributed by atoms with Crippen LogP contribution in [-0.2, 0) is 6.54 Å². The Hall–Kier alpha value is -1.90. The van der Waals surface area contributed by atoms with Crippen LogP contribution < -0.4 is 10.2 Å². The number of aromatic nitrogens is 3. The molecule has 1 aliphatic rings. The van der Waals surface area contributed by atoms with Crippen LogP contribution in [0.15, 0.2) is 41.0 Å². The fraction of sp³-hybridized carbons (Fsp3) is 0.400. The van der Waals surface area contributed by atoms with Crippen molar-refractivity contribution in [2.45, 2.75) is 20.4 Å². The minimum atomic E-state index is 0.734. The first kappa shape index (κ1) is 19.4. The molecule has 0 bridgehead atoms. The highest BCUT2D eigenvalue weighted by atomic mass is 79.9. The van der Waals surface area contributed by atoms with E-state index in [-0.39, 0.29) is 0 Å². The Labute approximate surface area is 178 Å². The number of halogens is 1. The summed E-state index contributed by atoms with van der Waals surface area (Å²) in [5.74, 6) is 0. The number of benzene rings is 1. The Bertz CT molecular complexity index is 928. The molecule has 0 unspecified atom stereocenters. The molecule has 0 radical (unpaired) electrons. The van der Waals surface area contributed by atoms with E-state index in [0.717, 1.165) is 59.7 Å². The van der Waals surface area contributed by atoms with Crippen LogP contribution in [0.2, 0.25) is 0 Å². The topological polar surface area (TPSA) is 49.2 Å². The van der Waals surface area contributed by atoms with E-state index in [1.165, 1.54) is 11.3 Å². The van der Waals surface area contributed by atoms with Crippen LogP contribution >= 0.6 is 27.3 Å². The lowest BCUT2D eigenvalue weighted by Crippen LogP contribution is -2.46. The first-order valence-electron chi connectivity index (χ1n) is 9.61. The van der Waals surface area contributed by atoms with Crippen molar-refractivity contribution in [2.24, 2.45) is 0 Å². The van der Waals surface area contributed by atoms with Gasteiger partial charge in [0.15, 0.2) is 0 Å². The molecular formula is C20H25BrN6S. The lowest BCUT2D eigenvalue weighted by Gasteiger charge is -2.33. The standard InChI is InChI=1S/C20H25BrN6S/c1-3-25-9-11-26(12-10-25)19-23-24-20(28-19)27-8-4-5-17(27)14-22-16-6-7-18(21)15(2)13-16/h4-8,13,22H,3,9-12,14H2,1-2H3. The zero-order valence-electron chi connectivity index (χ0n) is 16.2. The maximum Gasteiger partial charge on any atom is 0.218 e. The lowest BCUT2D eigenvalue weighted by molar-refractivity contribution is 0.271. The van der Waals surface area contributed by atoms with Crippen molar-refractivity contribution in [2.75, 3.05) is 42.9 Å². The summed E-state index contributed by atoms with van der Waals surface area (Å²) >= 11 is 5.21. The number of piperazine rings is 1. The molecule has 0 spiro atoms. The molecule has 0 amide bonds. The Balaban J connectivity index is 1.44. The van der Waals surface area contributed by atoms with Gasteiger partial charge >= 0.3 is 0 Å². The second-order valence-electron chi connectivity index (χ2n) is 6.98. The normalized spacial score (nSPS) is 15.2. The molecule has 8 heteroatoms. The quantitative estimate of drug-likeness (QED) is 0.598. The number of rotatable bonds is 6. The maximum absolute atomic E-state index is 4.46. The van der Waals surface area contributed by atoms with E-state index >= 15 is 0 Å². The van der Waals surface area contributed by atoms with E-state index in [0.29, 0.717) is 0 Å². The molecule has 0 aliphatic carbocycles. The number of hydrogen-bond donors (Lipinski definition) is 1. The van der Waals surface area contributed by atoms with Crippen LogP contribution in [-0.4, -0.2) is 52.4 Å². The lowest BCUT2D eigenvalue weighted by atomic mass is 10.2. The SMILES string of the molecule is CCN1CCN(c2nnc(-n3cccc3CNc3ccc(Br)c(C)c3)s2)CC1. The van der Waals surface area contributed by atoms with Crippen LogP contribution in [0.4, 0.5) is 10.8 Å². The van der Waals surface area contributed by atoms with E-state index in [1.54, 1.807) is 11.3 Å². The number of nitrogens with one attached hydrogen (secondary N) is 1. The van der Waals surface area contributed by atoms with Crippen LogP contribution in [0.25, 0.3) is 5.13 Å².